The van der Waals surface area contributed by atoms with Crippen molar-refractivity contribution in [2.75, 3.05) is 5.32 Å². The van der Waals surface area contributed by atoms with Gasteiger partial charge in [0, 0.05) is 20.7 Å². The molecule has 0 aliphatic heterocycles. The van der Waals surface area contributed by atoms with Crippen molar-refractivity contribution < 1.29 is 13.2 Å². The van der Waals surface area contributed by atoms with Gasteiger partial charge in [-0.25, -0.2) is 13.4 Å². The smallest absolute Gasteiger partial charge is 0.272 e. The van der Waals surface area contributed by atoms with E-state index in [4.69, 9.17) is 10.7 Å². The van der Waals surface area contributed by atoms with E-state index in [9.17, 15) is 13.2 Å². The second-order valence-corrected chi connectivity index (χ2v) is 8.47. The van der Waals surface area contributed by atoms with Gasteiger partial charge in [-0.1, -0.05) is 33.3 Å². The third-order valence-corrected chi connectivity index (χ3v) is 6.03. The molecular weight excluding hydrogens is 388 g/mol. The minimum atomic E-state index is -3.85. The summed E-state index contributed by atoms with van der Waals surface area (Å²) < 4.78 is 23.3. The highest BCUT2D eigenvalue weighted by Crippen LogP contribution is 2.30. The molecule has 0 fully saturated rings. The molecule has 20 heavy (non-hydrogen) atoms. The maximum atomic E-state index is 12.0. The SMILES string of the molecule is Cc1nc(NC(=O)c2cccc(Br)c2)sc1S(=O)(=O)Cl. The average molecular weight is 396 g/mol. The highest BCUT2D eigenvalue weighted by molar-refractivity contribution is 9.10. The Bertz CT molecular complexity index is 774. The summed E-state index contributed by atoms with van der Waals surface area (Å²) >= 11 is 4.09. The van der Waals surface area contributed by atoms with Crippen LogP contribution in [0.15, 0.2) is 32.9 Å². The zero-order valence-electron chi connectivity index (χ0n) is 10.1. The molecule has 1 heterocycles. The third-order valence-electron chi connectivity index (χ3n) is 2.28. The van der Waals surface area contributed by atoms with E-state index in [1.54, 1.807) is 24.3 Å². The molecule has 2 aromatic rings. The Balaban J connectivity index is 2.25. The molecule has 0 radical (unpaired) electrons. The van der Waals surface area contributed by atoms with Gasteiger partial charge in [0.1, 0.15) is 0 Å². The molecular formula is C11H8BrClN2O3S2. The number of halogens is 2. The molecule has 0 bridgehead atoms. The fourth-order valence-electron chi connectivity index (χ4n) is 1.46. The molecule has 0 aliphatic rings. The van der Waals surface area contributed by atoms with Gasteiger partial charge in [0.15, 0.2) is 9.34 Å². The highest BCUT2D eigenvalue weighted by Gasteiger charge is 2.20. The van der Waals surface area contributed by atoms with E-state index in [0.717, 1.165) is 15.8 Å². The summed E-state index contributed by atoms with van der Waals surface area (Å²) in [7, 11) is 1.42. The van der Waals surface area contributed by atoms with Gasteiger partial charge in [0.25, 0.3) is 15.0 Å². The summed E-state index contributed by atoms with van der Waals surface area (Å²) in [5, 5.41) is 2.73. The van der Waals surface area contributed by atoms with Crippen molar-refractivity contribution in [2.24, 2.45) is 0 Å². The largest absolute Gasteiger partial charge is 0.298 e. The quantitative estimate of drug-likeness (QED) is 0.808. The van der Waals surface area contributed by atoms with E-state index in [0.29, 0.717) is 5.56 Å². The van der Waals surface area contributed by atoms with Crippen LogP contribution in [0.4, 0.5) is 5.13 Å². The zero-order chi connectivity index (χ0) is 14.9. The molecule has 5 nitrogen and oxygen atoms in total. The molecule has 0 aliphatic carbocycles. The van der Waals surface area contributed by atoms with Gasteiger partial charge in [-0.2, -0.15) is 0 Å². The first-order valence-corrected chi connectivity index (χ1v) is 9.18. The fourth-order valence-corrected chi connectivity index (χ4v) is 4.21. The summed E-state index contributed by atoms with van der Waals surface area (Å²) in [4.78, 5) is 16.0. The summed E-state index contributed by atoms with van der Waals surface area (Å²) in [6, 6.07) is 6.80. The lowest BCUT2D eigenvalue weighted by atomic mass is 10.2. The molecule has 0 unspecified atom stereocenters. The summed E-state index contributed by atoms with van der Waals surface area (Å²) in [5.41, 5.74) is 0.692. The lowest BCUT2D eigenvalue weighted by Gasteiger charge is -2.01. The van der Waals surface area contributed by atoms with Gasteiger partial charge in [-0.05, 0) is 25.1 Å². The lowest BCUT2D eigenvalue weighted by molar-refractivity contribution is 0.102. The minimum Gasteiger partial charge on any atom is -0.298 e. The molecule has 0 saturated carbocycles. The number of thiazole rings is 1. The van der Waals surface area contributed by atoms with Crippen LogP contribution in [0.1, 0.15) is 16.1 Å². The number of aromatic nitrogens is 1. The average Bonchev–Trinajstić information content (AvgIpc) is 2.70. The van der Waals surface area contributed by atoms with Crippen molar-refractivity contribution in [3.63, 3.8) is 0 Å². The first-order chi connectivity index (χ1) is 9.27. The highest BCUT2D eigenvalue weighted by atomic mass is 79.9. The van der Waals surface area contributed by atoms with Crippen LogP contribution >= 0.6 is 37.9 Å². The molecule has 106 valence electrons. The number of amides is 1. The number of carbonyl (C=O) groups excluding carboxylic acids is 1. The Labute approximate surface area is 132 Å². The molecule has 2 rings (SSSR count). The van der Waals surface area contributed by atoms with Crippen LogP contribution in [0.2, 0.25) is 0 Å². The fraction of sp³-hybridized carbons (Fsp3) is 0.0909. The monoisotopic (exact) mass is 394 g/mol. The number of hydrogen-bond donors (Lipinski definition) is 1. The molecule has 0 atom stereocenters. The molecule has 1 amide bonds. The Morgan fingerprint density at radius 2 is 2.15 bits per heavy atom. The van der Waals surface area contributed by atoms with Gasteiger partial charge in [-0.15, -0.1) is 0 Å². The van der Waals surface area contributed by atoms with Gasteiger partial charge >= 0.3 is 0 Å². The van der Waals surface area contributed by atoms with E-state index >= 15 is 0 Å². The van der Waals surface area contributed by atoms with Crippen molar-refractivity contribution in [3.05, 3.63) is 40.0 Å². The van der Waals surface area contributed by atoms with Crippen LogP contribution in [0.3, 0.4) is 0 Å². The van der Waals surface area contributed by atoms with Crippen molar-refractivity contribution in [3.8, 4) is 0 Å². The normalized spacial score (nSPS) is 11.3. The van der Waals surface area contributed by atoms with Crippen molar-refractivity contribution in [1.82, 2.24) is 4.98 Å². The first kappa shape index (κ1) is 15.4. The van der Waals surface area contributed by atoms with Gasteiger partial charge in [0.2, 0.25) is 0 Å². The Morgan fingerprint density at radius 1 is 1.45 bits per heavy atom. The van der Waals surface area contributed by atoms with Crippen LogP contribution in [0.25, 0.3) is 0 Å². The Kier molecular flexibility index (Phi) is 4.48. The molecule has 1 N–H and O–H groups in total. The Morgan fingerprint density at radius 3 is 2.70 bits per heavy atom. The van der Waals surface area contributed by atoms with Crippen LogP contribution in [0.5, 0.6) is 0 Å². The first-order valence-electron chi connectivity index (χ1n) is 5.26. The second-order valence-electron chi connectivity index (χ2n) is 3.79. The number of carbonyl (C=O) groups is 1. The van der Waals surface area contributed by atoms with Crippen LogP contribution in [-0.2, 0) is 9.05 Å². The summed E-state index contributed by atoms with van der Waals surface area (Å²) in [5.74, 6) is -0.376. The van der Waals surface area contributed by atoms with E-state index in [2.05, 4.69) is 26.2 Å². The maximum absolute atomic E-state index is 12.0. The van der Waals surface area contributed by atoms with E-state index < -0.39 is 9.05 Å². The number of anilines is 1. The topological polar surface area (TPSA) is 76.1 Å². The van der Waals surface area contributed by atoms with Crippen molar-refractivity contribution >= 4 is 58.0 Å². The number of benzene rings is 1. The van der Waals surface area contributed by atoms with Crippen molar-refractivity contribution in [2.45, 2.75) is 11.1 Å². The molecule has 0 spiro atoms. The molecule has 0 saturated heterocycles. The van der Waals surface area contributed by atoms with Crippen molar-refractivity contribution in [1.29, 1.82) is 0 Å². The predicted octanol–water partition coefficient (Wildman–Crippen LogP) is 3.39. The second kappa shape index (κ2) is 5.80. The summed E-state index contributed by atoms with van der Waals surface area (Å²) in [6.45, 7) is 1.51. The lowest BCUT2D eigenvalue weighted by Crippen LogP contribution is -2.11. The number of nitrogens with zero attached hydrogens (tertiary/aromatic N) is 1. The third kappa shape index (κ3) is 3.57. The standard InChI is InChI=1S/C11H8BrClN2O3S2/c1-6-10(20(13,17)18)19-11(14-6)15-9(16)7-3-2-4-8(12)5-7/h2-5H,1H3,(H,14,15,16). The number of rotatable bonds is 3. The number of hydrogen-bond acceptors (Lipinski definition) is 5. The minimum absolute atomic E-state index is 0.0660. The van der Waals surface area contributed by atoms with E-state index in [1.165, 1.54) is 6.92 Å². The number of aryl methyl sites for hydroxylation is 1. The molecule has 1 aromatic heterocycles. The van der Waals surface area contributed by atoms with Gasteiger partial charge in [-0.3, -0.25) is 10.1 Å². The van der Waals surface area contributed by atoms with E-state index in [-0.39, 0.29) is 20.9 Å². The maximum Gasteiger partial charge on any atom is 0.272 e. The number of nitrogens with one attached hydrogen (secondary N) is 1. The van der Waals surface area contributed by atoms with Crippen LogP contribution in [0, 0.1) is 6.92 Å². The summed E-state index contributed by atoms with van der Waals surface area (Å²) in [6.07, 6.45) is 0. The van der Waals surface area contributed by atoms with Crippen LogP contribution < -0.4 is 5.32 Å². The predicted molar refractivity (Wildman–Crippen MR) is 82.0 cm³/mol. The van der Waals surface area contributed by atoms with Crippen LogP contribution in [-0.4, -0.2) is 19.3 Å². The molecule has 9 heteroatoms. The zero-order valence-corrected chi connectivity index (χ0v) is 14.0. The van der Waals surface area contributed by atoms with Gasteiger partial charge < -0.3 is 0 Å². The van der Waals surface area contributed by atoms with Gasteiger partial charge in [0.05, 0.1) is 5.69 Å². The van der Waals surface area contributed by atoms with E-state index in [1.807, 2.05) is 0 Å². The molecule has 1 aromatic carbocycles. The Hall–Kier alpha value is -0.960.